The molecule has 7 nitrogen and oxygen atoms in total. The Labute approximate surface area is 141 Å². The van der Waals surface area contributed by atoms with Crippen molar-refractivity contribution in [2.24, 2.45) is 0 Å². The molecule has 0 bridgehead atoms. The molecule has 0 atom stereocenters. The number of thiocarbonyl (C=S) groups is 1. The molecule has 23 heavy (non-hydrogen) atoms. The summed E-state index contributed by atoms with van der Waals surface area (Å²) >= 11 is 5.10. The Morgan fingerprint density at radius 1 is 1.30 bits per heavy atom. The van der Waals surface area contributed by atoms with Gasteiger partial charge in [-0.05, 0) is 43.4 Å². The molecule has 1 fully saturated rings. The number of phenolic OH excluding ortho intramolecular Hbond substituents is 1. The highest BCUT2D eigenvalue weighted by Gasteiger charge is 2.09. The van der Waals surface area contributed by atoms with Crippen LogP contribution in [0.3, 0.4) is 0 Å². The van der Waals surface area contributed by atoms with E-state index < -0.39 is 0 Å². The molecular weight excluding hydrogens is 316 g/mol. The van der Waals surface area contributed by atoms with Crippen LogP contribution in [0, 0.1) is 0 Å². The molecule has 0 aliphatic carbocycles. The summed E-state index contributed by atoms with van der Waals surface area (Å²) in [5.41, 5.74) is 5.48. The second-order valence-corrected chi connectivity index (χ2v) is 5.60. The zero-order chi connectivity index (χ0) is 16.5. The van der Waals surface area contributed by atoms with Crippen LogP contribution < -0.4 is 16.2 Å². The topological polar surface area (TPSA) is 85.9 Å². The molecule has 1 saturated heterocycles. The van der Waals surface area contributed by atoms with Crippen LogP contribution in [0.15, 0.2) is 24.3 Å². The summed E-state index contributed by atoms with van der Waals surface area (Å²) in [7, 11) is 0. The van der Waals surface area contributed by atoms with Crippen molar-refractivity contribution in [3.05, 3.63) is 29.8 Å². The minimum atomic E-state index is -0.363. The van der Waals surface area contributed by atoms with E-state index in [1.54, 1.807) is 12.1 Å². The number of morpholine rings is 1. The van der Waals surface area contributed by atoms with Gasteiger partial charge in [0.1, 0.15) is 5.75 Å². The number of benzene rings is 1. The largest absolute Gasteiger partial charge is 0.508 e. The van der Waals surface area contributed by atoms with Gasteiger partial charge in [0.05, 0.1) is 13.2 Å². The molecule has 126 valence electrons. The van der Waals surface area contributed by atoms with Gasteiger partial charge in [0.2, 0.25) is 0 Å². The normalized spacial score (nSPS) is 15.0. The smallest absolute Gasteiger partial charge is 0.269 e. The number of nitrogens with one attached hydrogen (secondary N) is 3. The van der Waals surface area contributed by atoms with Gasteiger partial charge in [-0.2, -0.15) is 0 Å². The second kappa shape index (κ2) is 9.29. The van der Waals surface area contributed by atoms with E-state index in [4.69, 9.17) is 17.0 Å². The van der Waals surface area contributed by atoms with E-state index in [1.165, 1.54) is 12.1 Å². The van der Waals surface area contributed by atoms with E-state index in [2.05, 4.69) is 21.1 Å². The van der Waals surface area contributed by atoms with Crippen LogP contribution >= 0.6 is 12.2 Å². The van der Waals surface area contributed by atoms with Gasteiger partial charge >= 0.3 is 0 Å². The van der Waals surface area contributed by atoms with Crippen LogP contribution in [0.4, 0.5) is 0 Å². The maximum absolute atomic E-state index is 11.8. The van der Waals surface area contributed by atoms with Crippen LogP contribution in [0.1, 0.15) is 16.8 Å². The summed E-state index contributed by atoms with van der Waals surface area (Å²) in [4.78, 5) is 14.2. The van der Waals surface area contributed by atoms with Crippen LogP contribution in [0.25, 0.3) is 0 Å². The predicted molar refractivity (Wildman–Crippen MR) is 91.2 cm³/mol. The lowest BCUT2D eigenvalue weighted by atomic mass is 10.2. The Balaban J connectivity index is 1.58. The Bertz CT molecular complexity index is 535. The van der Waals surface area contributed by atoms with Crippen molar-refractivity contribution < 1.29 is 14.6 Å². The molecule has 2 rings (SSSR count). The van der Waals surface area contributed by atoms with E-state index in [1.807, 2.05) is 0 Å². The van der Waals surface area contributed by atoms with Crippen molar-refractivity contribution in [2.75, 3.05) is 39.4 Å². The Kier molecular flexibility index (Phi) is 7.05. The fraction of sp³-hybridized carbons (Fsp3) is 0.467. The fourth-order valence-corrected chi connectivity index (χ4v) is 2.36. The number of aromatic hydroxyl groups is 1. The zero-order valence-corrected chi connectivity index (χ0v) is 13.7. The van der Waals surface area contributed by atoms with Gasteiger partial charge < -0.3 is 15.2 Å². The zero-order valence-electron chi connectivity index (χ0n) is 12.9. The van der Waals surface area contributed by atoms with Crippen molar-refractivity contribution in [1.29, 1.82) is 0 Å². The monoisotopic (exact) mass is 338 g/mol. The van der Waals surface area contributed by atoms with Crippen molar-refractivity contribution in [1.82, 2.24) is 21.1 Å². The van der Waals surface area contributed by atoms with Crippen molar-refractivity contribution in [3.63, 3.8) is 0 Å². The van der Waals surface area contributed by atoms with E-state index in [0.717, 1.165) is 45.8 Å². The quantitative estimate of drug-likeness (QED) is 0.347. The molecule has 0 saturated carbocycles. The standard InChI is InChI=1S/C15H22N4O3S/c20-13-4-1-3-12(11-13)14(21)17-18-15(23)16-5-2-6-19-7-9-22-10-8-19/h1,3-4,11,20H,2,5-10H2,(H,17,21)(H2,16,18,23). The van der Waals surface area contributed by atoms with Gasteiger partial charge in [-0.3, -0.25) is 20.5 Å². The third-order valence-electron chi connectivity index (χ3n) is 3.44. The summed E-state index contributed by atoms with van der Waals surface area (Å²) < 4.78 is 5.30. The first-order valence-corrected chi connectivity index (χ1v) is 7.99. The van der Waals surface area contributed by atoms with Crippen LogP contribution in [0.5, 0.6) is 5.75 Å². The number of hydrazine groups is 1. The lowest BCUT2D eigenvalue weighted by molar-refractivity contribution is 0.0376. The van der Waals surface area contributed by atoms with Gasteiger partial charge in [0.25, 0.3) is 5.91 Å². The van der Waals surface area contributed by atoms with Crippen molar-refractivity contribution in [2.45, 2.75) is 6.42 Å². The number of hydrogen-bond acceptors (Lipinski definition) is 5. The molecule has 1 amide bonds. The third kappa shape index (κ3) is 6.39. The highest BCUT2D eigenvalue weighted by atomic mass is 32.1. The SMILES string of the molecule is O=C(NNC(=S)NCCCN1CCOCC1)c1cccc(O)c1. The van der Waals surface area contributed by atoms with E-state index >= 15 is 0 Å². The van der Waals surface area contributed by atoms with Crippen LogP contribution in [-0.2, 0) is 4.74 Å². The van der Waals surface area contributed by atoms with Gasteiger partial charge in [-0.25, -0.2) is 0 Å². The minimum Gasteiger partial charge on any atom is -0.508 e. The molecular formula is C15H22N4O3S. The molecule has 4 N–H and O–H groups in total. The summed E-state index contributed by atoms with van der Waals surface area (Å²) in [6.45, 7) is 5.27. The van der Waals surface area contributed by atoms with Gasteiger partial charge in [-0.15, -0.1) is 0 Å². The number of carbonyl (C=O) groups excluding carboxylic acids is 1. The molecule has 0 unspecified atom stereocenters. The summed E-state index contributed by atoms with van der Waals surface area (Å²) in [5, 5.41) is 12.7. The number of rotatable bonds is 5. The lowest BCUT2D eigenvalue weighted by Gasteiger charge is -2.26. The average Bonchev–Trinajstić information content (AvgIpc) is 2.57. The van der Waals surface area contributed by atoms with Gasteiger partial charge in [-0.1, -0.05) is 6.07 Å². The minimum absolute atomic E-state index is 0.0430. The average molecular weight is 338 g/mol. The molecule has 1 aromatic rings. The Morgan fingerprint density at radius 2 is 2.09 bits per heavy atom. The maximum Gasteiger partial charge on any atom is 0.269 e. The van der Waals surface area contributed by atoms with E-state index in [0.29, 0.717) is 10.7 Å². The Hall–Kier alpha value is -1.90. The highest BCUT2D eigenvalue weighted by Crippen LogP contribution is 2.10. The first-order chi connectivity index (χ1) is 11.1. The number of hydrogen-bond donors (Lipinski definition) is 4. The van der Waals surface area contributed by atoms with Crippen molar-refractivity contribution >= 4 is 23.2 Å². The van der Waals surface area contributed by atoms with Gasteiger partial charge in [0, 0.05) is 25.2 Å². The fourth-order valence-electron chi connectivity index (χ4n) is 2.21. The number of phenols is 1. The molecule has 1 aliphatic rings. The Morgan fingerprint density at radius 3 is 2.83 bits per heavy atom. The molecule has 1 aliphatic heterocycles. The number of carbonyl (C=O) groups is 1. The van der Waals surface area contributed by atoms with Gasteiger partial charge in [0.15, 0.2) is 5.11 Å². The summed E-state index contributed by atoms with van der Waals surface area (Å²) in [5.74, 6) is -0.320. The third-order valence-corrected chi connectivity index (χ3v) is 3.68. The molecule has 1 aromatic carbocycles. The highest BCUT2D eigenvalue weighted by molar-refractivity contribution is 7.80. The number of amides is 1. The molecule has 0 spiro atoms. The van der Waals surface area contributed by atoms with Crippen molar-refractivity contribution in [3.8, 4) is 5.75 Å². The lowest BCUT2D eigenvalue weighted by Crippen LogP contribution is -2.47. The van der Waals surface area contributed by atoms with Crippen LogP contribution in [-0.4, -0.2) is 60.4 Å². The first kappa shape index (κ1) is 17.5. The second-order valence-electron chi connectivity index (χ2n) is 5.19. The molecule has 0 aromatic heterocycles. The molecule has 0 radical (unpaired) electrons. The maximum atomic E-state index is 11.8. The summed E-state index contributed by atoms with van der Waals surface area (Å²) in [6, 6.07) is 6.10. The van der Waals surface area contributed by atoms with Crippen LogP contribution in [0.2, 0.25) is 0 Å². The van der Waals surface area contributed by atoms with E-state index in [9.17, 15) is 9.90 Å². The number of nitrogens with zero attached hydrogens (tertiary/aromatic N) is 1. The first-order valence-electron chi connectivity index (χ1n) is 7.58. The van der Waals surface area contributed by atoms with E-state index in [-0.39, 0.29) is 11.7 Å². The number of ether oxygens (including phenoxy) is 1. The predicted octanol–water partition coefficient (Wildman–Crippen LogP) is 0.223. The molecule has 1 heterocycles. The molecule has 8 heteroatoms. The summed E-state index contributed by atoms with van der Waals surface area (Å²) in [6.07, 6.45) is 0.961.